The molecule has 1 amide bonds. The molecule has 0 fully saturated rings. The molecule has 3 rings (SSSR count). The summed E-state index contributed by atoms with van der Waals surface area (Å²) in [5.41, 5.74) is 2.39. The highest BCUT2D eigenvalue weighted by Crippen LogP contribution is 2.35. The minimum Gasteiger partial charge on any atom is -0.300 e. The van der Waals surface area contributed by atoms with Gasteiger partial charge in [0, 0.05) is 6.42 Å². The van der Waals surface area contributed by atoms with Crippen molar-refractivity contribution in [3.63, 3.8) is 0 Å². The Labute approximate surface area is 168 Å². The summed E-state index contributed by atoms with van der Waals surface area (Å²) in [6.45, 7) is 2.15. The summed E-state index contributed by atoms with van der Waals surface area (Å²) in [6.07, 6.45) is 3.13. The van der Waals surface area contributed by atoms with Crippen molar-refractivity contribution in [3.8, 4) is 0 Å². The van der Waals surface area contributed by atoms with Crippen LogP contribution in [0, 0.1) is 0 Å². The smallest absolute Gasteiger partial charge is 0.236 e. The van der Waals surface area contributed by atoms with Crippen molar-refractivity contribution in [2.45, 2.75) is 31.4 Å². The first-order valence-corrected chi connectivity index (χ1v) is 11.0. The number of thioether (sulfide) groups is 1. The van der Waals surface area contributed by atoms with E-state index < -0.39 is 0 Å². The second-order valence-electron chi connectivity index (χ2n) is 6.17. The largest absolute Gasteiger partial charge is 0.300 e. The van der Waals surface area contributed by atoms with Crippen LogP contribution in [0.1, 0.15) is 41.1 Å². The van der Waals surface area contributed by atoms with E-state index in [1.807, 2.05) is 36.4 Å². The summed E-state index contributed by atoms with van der Waals surface area (Å²) in [7, 11) is 0. The third-order valence-electron chi connectivity index (χ3n) is 4.04. The number of unbranched alkanes of at least 4 members (excludes halogenated alkanes) is 1. The fourth-order valence-electron chi connectivity index (χ4n) is 2.69. The van der Waals surface area contributed by atoms with Gasteiger partial charge in [0.15, 0.2) is 0 Å². The first kappa shape index (κ1) is 19.6. The van der Waals surface area contributed by atoms with E-state index in [9.17, 15) is 4.79 Å². The number of nitrogens with zero attached hydrogens (tertiary/aromatic N) is 2. The van der Waals surface area contributed by atoms with Gasteiger partial charge >= 0.3 is 0 Å². The van der Waals surface area contributed by atoms with Crippen LogP contribution in [0.3, 0.4) is 0 Å². The first-order chi connectivity index (χ1) is 13.3. The summed E-state index contributed by atoms with van der Waals surface area (Å²) in [5.74, 6) is 0.313. The molecule has 0 radical (unpaired) electrons. The molecular formula is C21H23N3OS2. The van der Waals surface area contributed by atoms with Crippen LogP contribution in [0.25, 0.3) is 0 Å². The molecule has 1 heterocycles. The van der Waals surface area contributed by atoms with Crippen molar-refractivity contribution < 1.29 is 4.79 Å². The predicted octanol–water partition coefficient (Wildman–Crippen LogP) is 5.34. The lowest BCUT2D eigenvalue weighted by molar-refractivity contribution is -0.113. The lowest BCUT2D eigenvalue weighted by atomic mass is 10.0. The Balaban J connectivity index is 1.61. The van der Waals surface area contributed by atoms with E-state index in [4.69, 9.17) is 0 Å². The van der Waals surface area contributed by atoms with Gasteiger partial charge in [-0.25, -0.2) is 0 Å². The minimum atomic E-state index is -0.0462. The van der Waals surface area contributed by atoms with Gasteiger partial charge in [-0.1, -0.05) is 85.3 Å². The number of carbonyl (C=O) groups is 1. The average molecular weight is 398 g/mol. The molecule has 0 aliphatic carbocycles. The number of nitrogens with one attached hydrogen (secondary N) is 1. The molecule has 0 saturated carbocycles. The standard InChI is InChI=1S/C21H23N3OS2/c1-2-3-14-19-23-24-21(27-19)22-18(25)15-26-20(16-10-6-4-7-11-16)17-12-8-5-9-13-17/h4-13,20H,2-3,14-15H2,1H3,(H,22,24,25). The third-order valence-corrected chi connectivity index (χ3v) is 6.25. The van der Waals surface area contributed by atoms with Crippen LogP contribution >= 0.6 is 23.1 Å². The molecule has 1 N–H and O–H groups in total. The van der Waals surface area contributed by atoms with Crippen molar-refractivity contribution in [1.82, 2.24) is 10.2 Å². The zero-order chi connectivity index (χ0) is 18.9. The highest BCUT2D eigenvalue weighted by molar-refractivity contribution is 8.00. The van der Waals surface area contributed by atoms with Crippen LogP contribution in [0.4, 0.5) is 5.13 Å². The van der Waals surface area contributed by atoms with Crippen molar-refractivity contribution in [2.24, 2.45) is 0 Å². The average Bonchev–Trinajstić information content (AvgIpc) is 3.15. The number of rotatable bonds is 9. The number of anilines is 1. The van der Waals surface area contributed by atoms with E-state index in [1.165, 1.54) is 22.5 Å². The summed E-state index contributed by atoms with van der Waals surface area (Å²) < 4.78 is 0. The Morgan fingerprint density at radius 2 is 1.67 bits per heavy atom. The molecule has 0 atom stereocenters. The second kappa shape index (κ2) is 10.2. The fraction of sp³-hybridized carbons (Fsp3) is 0.286. The van der Waals surface area contributed by atoms with Gasteiger partial charge in [-0.05, 0) is 17.5 Å². The zero-order valence-corrected chi connectivity index (χ0v) is 16.9. The van der Waals surface area contributed by atoms with Crippen LogP contribution in [-0.2, 0) is 11.2 Å². The highest BCUT2D eigenvalue weighted by Gasteiger charge is 2.17. The molecule has 0 spiro atoms. The van der Waals surface area contributed by atoms with Gasteiger partial charge in [-0.3, -0.25) is 10.1 Å². The molecular weight excluding hydrogens is 374 g/mol. The Morgan fingerprint density at radius 1 is 1.04 bits per heavy atom. The molecule has 27 heavy (non-hydrogen) atoms. The molecule has 1 aromatic heterocycles. The SMILES string of the molecule is CCCCc1nnc(NC(=O)CSC(c2ccccc2)c2ccccc2)s1. The second-order valence-corrected chi connectivity index (χ2v) is 8.32. The van der Waals surface area contributed by atoms with Crippen molar-refractivity contribution in [2.75, 3.05) is 11.1 Å². The maximum atomic E-state index is 12.4. The number of benzene rings is 2. The van der Waals surface area contributed by atoms with E-state index in [-0.39, 0.29) is 11.2 Å². The Bertz CT molecular complexity index is 797. The molecule has 0 unspecified atom stereocenters. The van der Waals surface area contributed by atoms with Crippen LogP contribution in [0.15, 0.2) is 60.7 Å². The molecule has 0 bridgehead atoms. The van der Waals surface area contributed by atoms with Gasteiger partial charge in [-0.2, -0.15) is 0 Å². The predicted molar refractivity (Wildman–Crippen MR) is 114 cm³/mol. The van der Waals surface area contributed by atoms with Gasteiger partial charge in [0.2, 0.25) is 11.0 Å². The molecule has 0 aliphatic rings. The van der Waals surface area contributed by atoms with Crippen molar-refractivity contribution in [1.29, 1.82) is 0 Å². The normalized spacial score (nSPS) is 10.9. The van der Waals surface area contributed by atoms with E-state index >= 15 is 0 Å². The van der Waals surface area contributed by atoms with Gasteiger partial charge in [-0.15, -0.1) is 22.0 Å². The number of amides is 1. The monoisotopic (exact) mass is 397 g/mol. The summed E-state index contributed by atoms with van der Waals surface area (Å²) in [5, 5.41) is 12.8. The van der Waals surface area contributed by atoms with Gasteiger partial charge in [0.1, 0.15) is 5.01 Å². The molecule has 4 nitrogen and oxygen atoms in total. The Hall–Kier alpha value is -2.18. The molecule has 2 aromatic carbocycles. The lowest BCUT2D eigenvalue weighted by Crippen LogP contribution is -2.15. The highest BCUT2D eigenvalue weighted by atomic mass is 32.2. The third kappa shape index (κ3) is 5.91. The van der Waals surface area contributed by atoms with E-state index in [2.05, 4.69) is 46.7 Å². The Kier molecular flexibility index (Phi) is 7.42. The number of carbonyl (C=O) groups excluding carboxylic acids is 1. The zero-order valence-electron chi connectivity index (χ0n) is 15.3. The van der Waals surface area contributed by atoms with Crippen LogP contribution in [-0.4, -0.2) is 21.9 Å². The quantitative estimate of drug-likeness (QED) is 0.529. The number of aryl methyl sites for hydroxylation is 1. The molecule has 0 saturated heterocycles. The lowest BCUT2D eigenvalue weighted by Gasteiger charge is -2.17. The maximum Gasteiger partial charge on any atom is 0.236 e. The van der Waals surface area contributed by atoms with E-state index in [0.717, 1.165) is 24.3 Å². The minimum absolute atomic E-state index is 0.0462. The number of hydrogen-bond acceptors (Lipinski definition) is 5. The van der Waals surface area contributed by atoms with E-state index in [0.29, 0.717) is 10.9 Å². The number of aromatic nitrogens is 2. The van der Waals surface area contributed by atoms with Crippen LogP contribution < -0.4 is 5.32 Å². The summed E-state index contributed by atoms with van der Waals surface area (Å²) in [4.78, 5) is 12.4. The van der Waals surface area contributed by atoms with Crippen molar-refractivity contribution in [3.05, 3.63) is 76.8 Å². The molecule has 0 aliphatic heterocycles. The topological polar surface area (TPSA) is 54.9 Å². The molecule has 3 aromatic rings. The van der Waals surface area contributed by atoms with Crippen LogP contribution in [0.5, 0.6) is 0 Å². The van der Waals surface area contributed by atoms with Gasteiger partial charge < -0.3 is 0 Å². The Morgan fingerprint density at radius 3 is 2.26 bits per heavy atom. The maximum absolute atomic E-state index is 12.4. The van der Waals surface area contributed by atoms with Crippen molar-refractivity contribution >= 4 is 34.1 Å². The van der Waals surface area contributed by atoms with Crippen LogP contribution in [0.2, 0.25) is 0 Å². The molecule has 140 valence electrons. The summed E-state index contributed by atoms with van der Waals surface area (Å²) >= 11 is 3.08. The summed E-state index contributed by atoms with van der Waals surface area (Å²) in [6, 6.07) is 20.6. The molecule has 6 heteroatoms. The van der Waals surface area contributed by atoms with Gasteiger partial charge in [0.05, 0.1) is 11.0 Å². The first-order valence-electron chi connectivity index (χ1n) is 9.10. The van der Waals surface area contributed by atoms with Gasteiger partial charge in [0.25, 0.3) is 0 Å². The number of hydrogen-bond donors (Lipinski definition) is 1. The fourth-order valence-corrected chi connectivity index (χ4v) is 4.58. The van der Waals surface area contributed by atoms with E-state index in [1.54, 1.807) is 11.8 Å².